The molecule has 2 fully saturated rings. The first-order valence-corrected chi connectivity index (χ1v) is 16.1. The van der Waals surface area contributed by atoms with Crippen LogP contribution in [0.1, 0.15) is 169 Å². The van der Waals surface area contributed by atoms with E-state index in [0.717, 1.165) is 23.9 Å². The van der Waals surface area contributed by atoms with E-state index in [2.05, 4.69) is 50.2 Å². The quantitative estimate of drug-likeness (QED) is 0.268. The molecule has 0 heterocycles. The van der Waals surface area contributed by atoms with Crippen LogP contribution in [0.2, 0.25) is 0 Å². The van der Waals surface area contributed by atoms with E-state index < -0.39 is 0 Å². The molecule has 0 aromatic heterocycles. The fraction of sp³-hybridized carbons (Fsp3) is 0.667. The Hall–Kier alpha value is -1.76. The minimum absolute atomic E-state index is 0.543. The van der Waals surface area contributed by atoms with Gasteiger partial charge in [0.1, 0.15) is 0 Å². The monoisotopic (exact) mass is 501 g/mol. The van der Waals surface area contributed by atoms with Gasteiger partial charge in [0.15, 0.2) is 0 Å². The summed E-state index contributed by atoms with van der Waals surface area (Å²) >= 11 is 0. The standard InChI is InChI=1S/C36H55N/c1-28(2)32-26-25-31(36(37)27-32)21-14-9-15-22-35-33(29-17-10-5-3-6-11-18-29)23-16-24-34(35)30-19-12-7-4-8-13-20-30/h16,23-30H,3-15,17-22,37H2,1-2H3. The fourth-order valence-corrected chi connectivity index (χ4v) is 7.21. The Bertz CT molecular complexity index is 885. The van der Waals surface area contributed by atoms with Gasteiger partial charge < -0.3 is 5.73 Å². The Labute approximate surface area is 229 Å². The van der Waals surface area contributed by atoms with E-state index in [1.807, 2.05) is 0 Å². The Balaban J connectivity index is 1.44. The van der Waals surface area contributed by atoms with Crippen LogP contribution in [0.4, 0.5) is 5.69 Å². The molecule has 4 rings (SSSR count). The molecule has 0 spiro atoms. The van der Waals surface area contributed by atoms with Crippen molar-refractivity contribution in [1.82, 2.24) is 0 Å². The third kappa shape index (κ3) is 8.36. The highest BCUT2D eigenvalue weighted by molar-refractivity contribution is 5.50. The number of anilines is 1. The lowest BCUT2D eigenvalue weighted by molar-refractivity contribution is 0.444. The summed E-state index contributed by atoms with van der Waals surface area (Å²) in [6.07, 6.45) is 26.3. The zero-order valence-electron chi connectivity index (χ0n) is 24.2. The van der Waals surface area contributed by atoms with Crippen molar-refractivity contribution in [3.63, 3.8) is 0 Å². The van der Waals surface area contributed by atoms with E-state index in [1.54, 1.807) is 16.7 Å². The fourth-order valence-electron chi connectivity index (χ4n) is 7.21. The highest BCUT2D eigenvalue weighted by Gasteiger charge is 2.23. The van der Waals surface area contributed by atoms with Gasteiger partial charge in [-0.1, -0.05) is 115 Å². The summed E-state index contributed by atoms with van der Waals surface area (Å²) in [4.78, 5) is 0. The molecule has 2 aliphatic carbocycles. The first kappa shape index (κ1) is 28.3. The van der Waals surface area contributed by atoms with Gasteiger partial charge >= 0.3 is 0 Å². The topological polar surface area (TPSA) is 26.0 Å². The van der Waals surface area contributed by atoms with Crippen molar-refractivity contribution >= 4 is 5.69 Å². The lowest BCUT2D eigenvalue weighted by Gasteiger charge is -2.28. The highest BCUT2D eigenvalue weighted by Crippen LogP contribution is 2.39. The molecular formula is C36H55N. The van der Waals surface area contributed by atoms with Crippen molar-refractivity contribution < 1.29 is 0 Å². The Morgan fingerprint density at radius 3 is 1.68 bits per heavy atom. The van der Waals surface area contributed by atoms with Crippen LogP contribution >= 0.6 is 0 Å². The maximum absolute atomic E-state index is 6.42. The second-order valence-corrected chi connectivity index (χ2v) is 12.7. The predicted molar refractivity (Wildman–Crippen MR) is 163 cm³/mol. The normalized spacial score (nSPS) is 18.8. The minimum Gasteiger partial charge on any atom is -0.398 e. The molecular weight excluding hydrogens is 446 g/mol. The molecule has 204 valence electrons. The molecule has 0 saturated heterocycles. The molecule has 1 heteroatoms. The van der Waals surface area contributed by atoms with Crippen LogP contribution in [0, 0.1) is 0 Å². The van der Waals surface area contributed by atoms with Crippen LogP contribution in [0.15, 0.2) is 36.4 Å². The van der Waals surface area contributed by atoms with E-state index in [0.29, 0.717) is 5.92 Å². The number of hydrogen-bond donors (Lipinski definition) is 1. The van der Waals surface area contributed by atoms with Gasteiger partial charge in [-0.25, -0.2) is 0 Å². The summed E-state index contributed by atoms with van der Waals surface area (Å²) in [5.41, 5.74) is 15.4. The van der Waals surface area contributed by atoms with Gasteiger partial charge in [0.2, 0.25) is 0 Å². The summed E-state index contributed by atoms with van der Waals surface area (Å²) in [6.45, 7) is 4.49. The third-order valence-electron chi connectivity index (χ3n) is 9.55. The first-order chi connectivity index (χ1) is 18.1. The maximum atomic E-state index is 6.42. The van der Waals surface area contributed by atoms with Crippen LogP contribution in [0.3, 0.4) is 0 Å². The van der Waals surface area contributed by atoms with Gasteiger partial charge in [-0.2, -0.15) is 0 Å². The average Bonchev–Trinajstić information content (AvgIpc) is 2.84. The molecule has 1 nitrogen and oxygen atoms in total. The molecule has 0 bridgehead atoms. The van der Waals surface area contributed by atoms with E-state index in [4.69, 9.17) is 5.73 Å². The number of nitrogen functional groups attached to an aromatic ring is 1. The minimum atomic E-state index is 0.543. The second-order valence-electron chi connectivity index (χ2n) is 12.7. The van der Waals surface area contributed by atoms with Gasteiger partial charge in [-0.3, -0.25) is 0 Å². The largest absolute Gasteiger partial charge is 0.398 e. The van der Waals surface area contributed by atoms with Crippen LogP contribution in [0.5, 0.6) is 0 Å². The van der Waals surface area contributed by atoms with Crippen molar-refractivity contribution in [2.75, 3.05) is 5.73 Å². The van der Waals surface area contributed by atoms with E-state index in [9.17, 15) is 0 Å². The van der Waals surface area contributed by atoms with Crippen LogP contribution in [-0.2, 0) is 12.8 Å². The van der Waals surface area contributed by atoms with Crippen molar-refractivity contribution in [3.8, 4) is 0 Å². The Kier molecular flexibility index (Phi) is 11.4. The number of rotatable bonds is 9. The smallest absolute Gasteiger partial charge is 0.0349 e. The molecule has 0 radical (unpaired) electrons. The maximum Gasteiger partial charge on any atom is 0.0349 e. The summed E-state index contributed by atoms with van der Waals surface area (Å²) in [5, 5.41) is 0. The van der Waals surface area contributed by atoms with E-state index >= 15 is 0 Å². The van der Waals surface area contributed by atoms with Gasteiger partial charge in [0.25, 0.3) is 0 Å². The molecule has 2 aromatic carbocycles. The molecule has 2 aromatic rings. The van der Waals surface area contributed by atoms with Crippen LogP contribution < -0.4 is 5.73 Å². The lowest BCUT2D eigenvalue weighted by Crippen LogP contribution is -2.12. The zero-order chi connectivity index (χ0) is 25.9. The van der Waals surface area contributed by atoms with Gasteiger partial charge in [0, 0.05) is 5.69 Å². The zero-order valence-corrected chi connectivity index (χ0v) is 24.2. The van der Waals surface area contributed by atoms with Crippen molar-refractivity contribution in [2.45, 2.75) is 154 Å². The SMILES string of the molecule is CC(C)c1ccc(CCCCCc2c(C3CCCCCCC3)cccc2C2CCCCCCC2)c(N)c1. The van der Waals surface area contributed by atoms with Crippen molar-refractivity contribution in [2.24, 2.45) is 0 Å². The molecule has 0 aliphatic heterocycles. The Morgan fingerprint density at radius 1 is 0.649 bits per heavy atom. The van der Waals surface area contributed by atoms with Gasteiger partial charge in [-0.15, -0.1) is 0 Å². The number of unbranched alkanes of at least 4 members (excludes halogenated alkanes) is 2. The molecule has 0 atom stereocenters. The summed E-state index contributed by atoms with van der Waals surface area (Å²) in [5.74, 6) is 2.13. The highest BCUT2D eigenvalue weighted by atomic mass is 14.6. The van der Waals surface area contributed by atoms with E-state index in [-0.39, 0.29) is 0 Å². The molecule has 2 aliphatic rings. The molecule has 37 heavy (non-hydrogen) atoms. The first-order valence-electron chi connectivity index (χ1n) is 16.1. The number of hydrogen-bond acceptors (Lipinski definition) is 1. The van der Waals surface area contributed by atoms with Crippen molar-refractivity contribution in [3.05, 3.63) is 64.2 Å². The van der Waals surface area contributed by atoms with Crippen molar-refractivity contribution in [1.29, 1.82) is 0 Å². The number of nitrogens with two attached hydrogens (primary N) is 1. The molecule has 2 saturated carbocycles. The summed E-state index contributed by atoms with van der Waals surface area (Å²) in [6, 6.07) is 14.3. The van der Waals surface area contributed by atoms with Crippen LogP contribution in [-0.4, -0.2) is 0 Å². The average molecular weight is 502 g/mol. The molecule has 0 amide bonds. The van der Waals surface area contributed by atoms with Crippen LogP contribution in [0.25, 0.3) is 0 Å². The molecule has 0 unspecified atom stereocenters. The van der Waals surface area contributed by atoms with Gasteiger partial charge in [0.05, 0.1) is 0 Å². The number of benzene rings is 2. The Morgan fingerprint density at radius 2 is 1.16 bits per heavy atom. The second kappa shape index (κ2) is 15.0. The van der Waals surface area contributed by atoms with E-state index in [1.165, 1.54) is 127 Å². The lowest BCUT2D eigenvalue weighted by atomic mass is 9.77. The third-order valence-corrected chi connectivity index (χ3v) is 9.55. The number of aryl methyl sites for hydroxylation is 1. The summed E-state index contributed by atoms with van der Waals surface area (Å²) < 4.78 is 0. The summed E-state index contributed by atoms with van der Waals surface area (Å²) in [7, 11) is 0. The predicted octanol–water partition coefficient (Wildman–Crippen LogP) is 11.0. The molecule has 2 N–H and O–H groups in total. The van der Waals surface area contributed by atoms with Gasteiger partial charge in [-0.05, 0) is 103 Å².